The molecule has 3 aromatic heterocycles. The summed E-state index contributed by atoms with van der Waals surface area (Å²) in [5, 5.41) is 4.57. The topological polar surface area (TPSA) is 235 Å². The number of H-pyrrole nitrogens is 3. The first-order chi connectivity index (χ1) is 55.8. The van der Waals surface area contributed by atoms with Crippen LogP contribution in [-0.4, -0.2) is 141 Å². The van der Waals surface area contributed by atoms with Gasteiger partial charge in [-0.05, 0) is 208 Å². The van der Waals surface area contributed by atoms with Gasteiger partial charge in [0.05, 0.1) is 65.3 Å². The van der Waals surface area contributed by atoms with Gasteiger partial charge in [-0.1, -0.05) is 182 Å². The van der Waals surface area contributed by atoms with Crippen LogP contribution in [0.3, 0.4) is 0 Å². The highest BCUT2D eigenvalue weighted by Crippen LogP contribution is 2.43. The van der Waals surface area contributed by atoms with Crippen molar-refractivity contribution in [3.05, 3.63) is 246 Å². The van der Waals surface area contributed by atoms with Crippen molar-refractivity contribution in [1.29, 1.82) is 0 Å². The Balaban J connectivity index is 0.000000149. The summed E-state index contributed by atoms with van der Waals surface area (Å²) in [7, 11) is -0.385. The second-order valence-electron chi connectivity index (χ2n) is 33.6. The number of likely N-dealkylation sites (tertiary alicyclic amines) is 4. The Labute approximate surface area is 686 Å². The van der Waals surface area contributed by atoms with E-state index in [-0.39, 0.29) is 73.5 Å². The van der Waals surface area contributed by atoms with E-state index < -0.39 is 11.2 Å². The van der Waals surface area contributed by atoms with Crippen LogP contribution in [0.1, 0.15) is 179 Å². The van der Waals surface area contributed by atoms with E-state index >= 15 is 0 Å². The van der Waals surface area contributed by atoms with Gasteiger partial charge < -0.3 is 43.2 Å². The lowest BCUT2D eigenvalue weighted by Gasteiger charge is -2.32. The van der Waals surface area contributed by atoms with Crippen LogP contribution in [-0.2, 0) is 41.5 Å². The molecule has 9 heterocycles. The fraction of sp³-hybridized carbons (Fsp3) is 0.355. The molecule has 5 fully saturated rings. The monoisotopic (exact) mass is 1620 g/mol. The molecule has 17 rings (SSSR count). The maximum absolute atomic E-state index is 13.0. The predicted molar refractivity (Wildman–Crippen MR) is 457 cm³/mol. The second kappa shape index (κ2) is 34.0. The van der Waals surface area contributed by atoms with Crippen LogP contribution < -0.4 is 5.46 Å². The Morgan fingerprint density at radius 2 is 0.810 bits per heavy atom. The number of allylic oxidation sites excluding steroid dienone is 1. The number of aromatic amines is 3. The van der Waals surface area contributed by atoms with E-state index in [4.69, 9.17) is 43.2 Å². The number of imidazole rings is 3. The number of aromatic nitrogens is 6. The minimum atomic E-state index is -0.551. The predicted octanol–water partition coefficient (Wildman–Crippen LogP) is 20.9. The molecule has 0 saturated carbocycles. The first kappa shape index (κ1) is 80.1. The molecule has 0 radical (unpaired) electrons. The number of amides is 4. The molecule has 6 aliphatic heterocycles. The third-order valence-electron chi connectivity index (χ3n) is 22.7. The Kier molecular flexibility index (Phi) is 23.4. The molecule has 11 aromatic rings. The van der Waals surface area contributed by atoms with E-state index in [2.05, 4.69) is 185 Å². The smallest absolute Gasteiger partial charge is 0.445 e. The van der Waals surface area contributed by atoms with Crippen molar-refractivity contribution < 1.29 is 47.4 Å². The standard InChI is InChI=1S/C44H45N5O4.C34H40BN3O4.C15H16BrN3O2/c1-44(2,3)53-43(51)49-24-10-16-40(49)41-46-27-38(47-41)36-22-21-33(34-13-7-8-14-35(34)36)31-19-17-30(18-20-31)32-25-37(45-26-32)39-15-9-23-48(39)42(50)52-28-29-11-5-4-6-12-29;1-32(2,3)40-31(39)38-20-10-13-29(38)30-36-21-28(37-30)27-19-18-24(25-11-8-9-12-26(25)27)22-14-16-23(17-15-22)35-41-33(4,5)34(6,7)42-35;16-13-9-17-14(18-13)12-7-4-8-19(12)15(20)21-10-11-5-2-1-3-6-11/h4-8,11-14,17-22,26-27,39-40H,9-10,15-16,23-25,28H2,1-3H3,(H,46,47);8-9,11-12,14-19,21,29H,10,13,20H2,1-7H3,(H,36,37);1-3,5-6,9,12H,4,7-8,10H2,(H,17,18)/t39-,40-;29-;12-/m000/s1. The number of fused-ring (bicyclic) bond motifs is 2. The Morgan fingerprint density at radius 3 is 1.23 bits per heavy atom. The molecule has 23 heteroatoms. The van der Waals surface area contributed by atoms with Gasteiger partial charge in [-0.15, -0.1) is 0 Å². The van der Waals surface area contributed by atoms with E-state index in [1.807, 2.05) is 126 Å². The summed E-state index contributed by atoms with van der Waals surface area (Å²) in [6, 6.07) is 61.9. The quantitative estimate of drug-likeness (QED) is 0.0679. The lowest BCUT2D eigenvalue weighted by Crippen LogP contribution is -2.41. The van der Waals surface area contributed by atoms with Gasteiger partial charge in [-0.3, -0.25) is 24.6 Å². The van der Waals surface area contributed by atoms with Crippen molar-refractivity contribution in [2.45, 2.75) is 187 Å². The first-order valence-corrected chi connectivity index (χ1v) is 41.2. The molecule has 3 N–H and O–H groups in total. The van der Waals surface area contributed by atoms with Gasteiger partial charge >= 0.3 is 31.5 Å². The number of nitrogens with zero attached hydrogens (tertiary/aromatic N) is 8. The summed E-state index contributed by atoms with van der Waals surface area (Å²) in [6.45, 7) is 22.9. The molecule has 5 saturated heterocycles. The van der Waals surface area contributed by atoms with Crippen LogP contribution in [0.2, 0.25) is 0 Å². The average molecular weight is 1620 g/mol. The third-order valence-corrected chi connectivity index (χ3v) is 23.1. The summed E-state index contributed by atoms with van der Waals surface area (Å²) in [4.78, 5) is 87.1. The number of benzene rings is 8. The molecular formula is C93H101BBrN11O10. The van der Waals surface area contributed by atoms with Gasteiger partial charge in [0.1, 0.15) is 46.5 Å². The fourth-order valence-electron chi connectivity index (χ4n) is 16.2. The van der Waals surface area contributed by atoms with Crippen LogP contribution in [0.5, 0.6) is 0 Å². The largest absolute Gasteiger partial charge is 0.494 e. The number of halogens is 1. The average Bonchev–Trinajstić information content (AvgIpc) is 1.59. The number of hydrogen-bond acceptors (Lipinski definition) is 14. The molecule has 6 aliphatic rings. The van der Waals surface area contributed by atoms with Gasteiger partial charge in [-0.25, -0.2) is 34.1 Å². The van der Waals surface area contributed by atoms with Gasteiger partial charge in [0, 0.05) is 55.6 Å². The molecule has 0 aliphatic carbocycles. The maximum Gasteiger partial charge on any atom is 0.494 e. The Bertz CT molecular complexity index is 5400. The van der Waals surface area contributed by atoms with Crippen LogP contribution in [0.15, 0.2) is 216 Å². The summed E-state index contributed by atoms with van der Waals surface area (Å²) >= 11 is 3.34. The van der Waals surface area contributed by atoms with Crippen LogP contribution >= 0.6 is 15.9 Å². The Morgan fingerprint density at radius 1 is 0.448 bits per heavy atom. The van der Waals surface area contributed by atoms with Crippen molar-refractivity contribution >= 4 is 85.7 Å². The van der Waals surface area contributed by atoms with Gasteiger partial charge in [0.15, 0.2) is 0 Å². The molecule has 8 aromatic carbocycles. The van der Waals surface area contributed by atoms with Crippen molar-refractivity contribution in [3.63, 3.8) is 0 Å². The molecule has 4 atom stereocenters. The van der Waals surface area contributed by atoms with Crippen molar-refractivity contribution in [3.8, 4) is 44.8 Å². The van der Waals surface area contributed by atoms with Gasteiger partial charge in [0.25, 0.3) is 0 Å². The Hall–Kier alpha value is -11.1. The van der Waals surface area contributed by atoms with E-state index in [0.717, 1.165) is 173 Å². The zero-order chi connectivity index (χ0) is 81.0. The van der Waals surface area contributed by atoms with E-state index in [9.17, 15) is 19.2 Å². The van der Waals surface area contributed by atoms with Crippen LogP contribution in [0, 0.1) is 0 Å². The fourth-order valence-corrected chi connectivity index (χ4v) is 16.5. The third kappa shape index (κ3) is 17.9. The molecular weight excluding hydrogens is 1520 g/mol. The molecule has 0 spiro atoms. The number of carbonyl (C=O) groups is 4. The zero-order valence-electron chi connectivity index (χ0n) is 67.7. The maximum atomic E-state index is 13.0. The lowest BCUT2D eigenvalue weighted by atomic mass is 9.78. The molecule has 0 unspecified atom stereocenters. The molecule has 116 heavy (non-hydrogen) atoms. The van der Waals surface area contributed by atoms with Gasteiger partial charge in [0.2, 0.25) is 0 Å². The van der Waals surface area contributed by atoms with E-state index in [0.29, 0.717) is 39.2 Å². The molecule has 4 amide bonds. The van der Waals surface area contributed by atoms with E-state index in [1.54, 1.807) is 20.9 Å². The van der Waals surface area contributed by atoms with Crippen molar-refractivity contribution in [2.24, 2.45) is 4.99 Å². The number of aliphatic imine (C=N–C) groups is 1. The second-order valence-corrected chi connectivity index (χ2v) is 34.4. The number of nitrogens with one attached hydrogen (secondary N) is 3. The summed E-state index contributed by atoms with van der Waals surface area (Å²) in [5.41, 5.74) is 13.0. The summed E-state index contributed by atoms with van der Waals surface area (Å²) < 4.78 is 35.8. The first-order valence-electron chi connectivity index (χ1n) is 40.4. The summed E-state index contributed by atoms with van der Waals surface area (Å²) in [6.07, 6.45) is 14.2. The summed E-state index contributed by atoms with van der Waals surface area (Å²) in [5.74, 6) is 2.37. The highest BCUT2D eigenvalue weighted by molar-refractivity contribution is 9.10. The normalized spacial score (nSPS) is 19.0. The number of ether oxygens (including phenoxy) is 4. The minimum absolute atomic E-state index is 0.0282. The molecule has 598 valence electrons. The zero-order valence-corrected chi connectivity index (χ0v) is 69.2. The molecule has 21 nitrogen and oxygen atoms in total. The minimum Gasteiger partial charge on any atom is -0.445 e. The van der Waals surface area contributed by atoms with E-state index in [1.165, 1.54) is 0 Å². The van der Waals surface area contributed by atoms with Crippen LogP contribution in [0.25, 0.3) is 71.9 Å². The van der Waals surface area contributed by atoms with Crippen molar-refractivity contribution in [1.82, 2.24) is 49.5 Å². The van der Waals surface area contributed by atoms with Crippen molar-refractivity contribution in [2.75, 3.05) is 26.2 Å². The van der Waals surface area contributed by atoms with Gasteiger partial charge in [-0.2, -0.15) is 0 Å². The van der Waals surface area contributed by atoms with Crippen LogP contribution in [0.4, 0.5) is 19.2 Å². The highest BCUT2D eigenvalue weighted by atomic mass is 79.9. The molecule has 0 bridgehead atoms. The SMILES string of the molecule is CC(C)(C)OC(=O)N1CCC[C@H]1c1ncc(-c2ccc(-c3ccc(B4OC(C)(C)C(C)(C)O4)cc3)c3ccccc23)[nH]1.CC(C)(C)OC(=O)N1CCC[C@H]1c1ncc(-c2ccc(-c3ccc(C4=CN=C([C@@H]5CCCN5C(=O)OCc5ccccc5)C4)cc3)c3ccccc23)[nH]1.O=C(OCc1ccccc1)N1CCC[C@H]1c1ncc(Br)[nH]1. The number of rotatable bonds is 14. The number of carbonyl (C=O) groups excluding carboxylic acids is 4. The lowest BCUT2D eigenvalue weighted by molar-refractivity contribution is 0.00578. The highest BCUT2D eigenvalue weighted by Gasteiger charge is 2.52. The number of hydrogen-bond donors (Lipinski definition) is 3.